The molecular weight excluding hydrogens is 844 g/mol. The van der Waals surface area contributed by atoms with E-state index in [-0.39, 0.29) is 52.0 Å². The summed E-state index contributed by atoms with van der Waals surface area (Å²) in [5.74, 6) is -2.59. The fraction of sp³-hybridized carbons (Fsp3) is 0.812. The molecule has 0 spiro atoms. The van der Waals surface area contributed by atoms with Gasteiger partial charge in [-0.15, -0.1) is 0 Å². The minimum atomic E-state index is -4.67. The standard InChI is InChI=1S/C48H87N2O13P/c1-3-5-7-9-11-13-15-17-19-21-23-25-27-29-31-33-46(54)60-41-43(63-47(55)34-32-30-28-26-24-22-20-18-16-14-12-10-8-6-4-2)42-62-64(57,58)61-40-38-50-48(56)59-39-37-49-44(51)35-36-45(52)53/h17-20,43H,3-16,21-42H2,1-2H3,(H,49,51)(H,50,56)(H,52,53)(H,57,58)/b19-17-,20-18-/t43-/m1/s1. The van der Waals surface area contributed by atoms with Crippen LogP contribution < -0.4 is 10.6 Å². The topological polar surface area (TPSA) is 213 Å². The third-order valence-electron chi connectivity index (χ3n) is 10.3. The molecule has 0 bridgehead atoms. The molecule has 2 atom stereocenters. The van der Waals surface area contributed by atoms with Crippen LogP contribution in [0, 0.1) is 0 Å². The van der Waals surface area contributed by atoms with Gasteiger partial charge in [0.25, 0.3) is 0 Å². The van der Waals surface area contributed by atoms with Crippen LogP contribution in [-0.2, 0) is 47.0 Å². The smallest absolute Gasteiger partial charge is 0.472 e. The van der Waals surface area contributed by atoms with E-state index in [4.69, 9.17) is 28.4 Å². The average molecular weight is 931 g/mol. The van der Waals surface area contributed by atoms with Crippen molar-refractivity contribution in [3.05, 3.63) is 24.3 Å². The summed E-state index contributed by atoms with van der Waals surface area (Å²) < 4.78 is 38.4. The fourth-order valence-corrected chi connectivity index (χ4v) is 7.27. The Morgan fingerprint density at radius 3 is 1.47 bits per heavy atom. The third kappa shape index (κ3) is 45.3. The van der Waals surface area contributed by atoms with Crippen molar-refractivity contribution in [2.75, 3.05) is 39.5 Å². The molecule has 372 valence electrons. The molecule has 4 N–H and O–H groups in total. The second-order valence-electron chi connectivity index (χ2n) is 16.4. The highest BCUT2D eigenvalue weighted by molar-refractivity contribution is 7.47. The van der Waals surface area contributed by atoms with Crippen molar-refractivity contribution in [2.24, 2.45) is 0 Å². The van der Waals surface area contributed by atoms with E-state index in [2.05, 4.69) is 48.8 Å². The Balaban J connectivity index is 4.61. The number of alkyl carbamates (subject to hydrolysis) is 1. The molecule has 15 nitrogen and oxygen atoms in total. The number of amides is 2. The lowest BCUT2D eigenvalue weighted by atomic mass is 10.1. The number of ether oxygens (including phenoxy) is 3. The summed E-state index contributed by atoms with van der Waals surface area (Å²) in [6.45, 7) is 2.67. The summed E-state index contributed by atoms with van der Waals surface area (Å²) in [5, 5.41) is 13.3. The minimum absolute atomic E-state index is 0.0295. The molecule has 0 aromatic heterocycles. The van der Waals surface area contributed by atoms with E-state index in [9.17, 15) is 33.4 Å². The molecule has 16 heteroatoms. The normalized spacial score (nSPS) is 12.9. The van der Waals surface area contributed by atoms with Gasteiger partial charge in [-0.25, -0.2) is 9.36 Å². The number of nitrogens with one attached hydrogen (secondary N) is 2. The molecular formula is C48H87N2O13P. The first-order valence-electron chi connectivity index (χ1n) is 24.6. The number of unbranched alkanes of at least 4 members (excludes halogenated alkanes) is 22. The SMILES string of the molecule is CCCCCCCC/C=C\CCCCCCCC(=O)OC[C@H](COP(=O)(O)OCCNC(=O)OCCNC(=O)CCC(=O)O)OC(=O)CCCCCCC/C=C\CCCCCCCC. The zero-order valence-electron chi connectivity index (χ0n) is 39.7. The van der Waals surface area contributed by atoms with Crippen LogP contribution in [-0.4, -0.2) is 85.5 Å². The first-order valence-corrected chi connectivity index (χ1v) is 26.1. The maximum absolute atomic E-state index is 12.8. The van der Waals surface area contributed by atoms with Crippen LogP contribution in [0.25, 0.3) is 0 Å². The van der Waals surface area contributed by atoms with Crippen molar-refractivity contribution >= 4 is 37.7 Å². The van der Waals surface area contributed by atoms with Gasteiger partial charge in [-0.1, -0.05) is 141 Å². The number of allylic oxidation sites excluding steroid dienone is 4. The number of rotatable bonds is 46. The summed E-state index contributed by atoms with van der Waals surface area (Å²) in [6.07, 6.45) is 36.4. The molecule has 0 aromatic rings. The van der Waals surface area contributed by atoms with Gasteiger partial charge < -0.3 is 34.8 Å². The van der Waals surface area contributed by atoms with Crippen LogP contribution in [0.4, 0.5) is 4.79 Å². The van der Waals surface area contributed by atoms with Crippen LogP contribution >= 0.6 is 7.82 Å². The molecule has 0 saturated carbocycles. The molecule has 0 aromatic carbocycles. The number of carboxylic acid groups (broad SMARTS) is 1. The Bertz CT molecular complexity index is 1300. The van der Waals surface area contributed by atoms with Gasteiger partial charge >= 0.3 is 31.8 Å². The van der Waals surface area contributed by atoms with E-state index in [0.29, 0.717) is 12.8 Å². The first kappa shape index (κ1) is 60.7. The average Bonchev–Trinajstić information content (AvgIpc) is 3.26. The van der Waals surface area contributed by atoms with Crippen molar-refractivity contribution in [3.63, 3.8) is 0 Å². The highest BCUT2D eigenvalue weighted by Gasteiger charge is 2.26. The van der Waals surface area contributed by atoms with Gasteiger partial charge in [0.2, 0.25) is 5.91 Å². The van der Waals surface area contributed by atoms with E-state index < -0.39 is 57.0 Å². The maximum Gasteiger partial charge on any atom is 0.472 e. The van der Waals surface area contributed by atoms with E-state index in [1.165, 1.54) is 77.0 Å². The molecule has 0 fully saturated rings. The Hall–Kier alpha value is -3.26. The molecule has 2 amide bonds. The second-order valence-corrected chi connectivity index (χ2v) is 17.8. The van der Waals surface area contributed by atoms with Crippen LogP contribution in [0.5, 0.6) is 0 Å². The number of carboxylic acids is 1. The summed E-state index contributed by atoms with van der Waals surface area (Å²) in [6, 6.07) is 0. The van der Waals surface area contributed by atoms with Gasteiger partial charge in [-0.05, 0) is 64.2 Å². The molecule has 1 unspecified atom stereocenters. The Labute approximate surface area is 385 Å². The largest absolute Gasteiger partial charge is 0.481 e. The lowest BCUT2D eigenvalue weighted by molar-refractivity contribution is -0.161. The van der Waals surface area contributed by atoms with Gasteiger partial charge in [0.1, 0.15) is 13.2 Å². The van der Waals surface area contributed by atoms with Crippen molar-refractivity contribution in [1.29, 1.82) is 0 Å². The lowest BCUT2D eigenvalue weighted by Crippen LogP contribution is -2.32. The predicted molar refractivity (Wildman–Crippen MR) is 251 cm³/mol. The van der Waals surface area contributed by atoms with Gasteiger partial charge in [0, 0.05) is 25.8 Å². The molecule has 0 aliphatic carbocycles. The molecule has 0 aliphatic heterocycles. The minimum Gasteiger partial charge on any atom is -0.481 e. The number of hydrogen-bond donors (Lipinski definition) is 4. The number of esters is 2. The number of phosphoric ester groups is 1. The van der Waals surface area contributed by atoms with Crippen molar-refractivity contribution < 1.29 is 61.8 Å². The Morgan fingerprint density at radius 1 is 0.516 bits per heavy atom. The molecule has 0 aliphatic rings. The summed E-state index contributed by atoms with van der Waals surface area (Å²) >= 11 is 0. The van der Waals surface area contributed by atoms with Crippen LogP contribution in [0.3, 0.4) is 0 Å². The second kappa shape index (κ2) is 44.9. The molecule has 0 heterocycles. The zero-order chi connectivity index (χ0) is 47.2. The number of carbonyl (C=O) groups is 5. The molecule has 0 radical (unpaired) electrons. The van der Waals surface area contributed by atoms with Crippen molar-refractivity contribution in [1.82, 2.24) is 10.6 Å². The van der Waals surface area contributed by atoms with Gasteiger partial charge in [-0.3, -0.25) is 28.2 Å². The van der Waals surface area contributed by atoms with Gasteiger partial charge in [0.05, 0.1) is 26.2 Å². The summed E-state index contributed by atoms with van der Waals surface area (Å²) in [5.41, 5.74) is 0. The van der Waals surface area contributed by atoms with Gasteiger partial charge in [-0.2, -0.15) is 0 Å². The van der Waals surface area contributed by atoms with E-state index >= 15 is 0 Å². The van der Waals surface area contributed by atoms with Crippen LogP contribution in [0.1, 0.15) is 206 Å². The van der Waals surface area contributed by atoms with Crippen molar-refractivity contribution in [2.45, 2.75) is 213 Å². The van der Waals surface area contributed by atoms with Crippen LogP contribution in [0.15, 0.2) is 24.3 Å². The zero-order valence-corrected chi connectivity index (χ0v) is 40.6. The highest BCUT2D eigenvalue weighted by atomic mass is 31.2. The molecule has 64 heavy (non-hydrogen) atoms. The Morgan fingerprint density at radius 2 is 0.969 bits per heavy atom. The molecule has 0 rings (SSSR count). The summed E-state index contributed by atoms with van der Waals surface area (Å²) in [4.78, 5) is 69.5. The predicted octanol–water partition coefficient (Wildman–Crippen LogP) is 11.4. The van der Waals surface area contributed by atoms with Gasteiger partial charge in [0.15, 0.2) is 6.10 Å². The van der Waals surface area contributed by atoms with E-state index in [1.807, 2.05) is 0 Å². The quantitative estimate of drug-likeness (QED) is 0.0147. The van der Waals surface area contributed by atoms with Crippen molar-refractivity contribution in [3.8, 4) is 0 Å². The first-order chi connectivity index (χ1) is 31.0. The maximum atomic E-state index is 12.8. The number of carbonyl (C=O) groups excluding carboxylic acids is 4. The summed E-state index contributed by atoms with van der Waals surface area (Å²) in [7, 11) is -4.67. The number of hydrogen-bond acceptors (Lipinski definition) is 11. The monoisotopic (exact) mass is 931 g/mol. The number of aliphatic carboxylic acids is 1. The van der Waals surface area contributed by atoms with Crippen LogP contribution in [0.2, 0.25) is 0 Å². The van der Waals surface area contributed by atoms with E-state index in [1.54, 1.807) is 0 Å². The fourth-order valence-electron chi connectivity index (χ4n) is 6.52. The number of phosphoric acid groups is 1. The highest BCUT2D eigenvalue weighted by Crippen LogP contribution is 2.43. The van der Waals surface area contributed by atoms with E-state index in [0.717, 1.165) is 77.0 Å². The molecule has 0 saturated heterocycles. The lowest BCUT2D eigenvalue weighted by Gasteiger charge is -2.20. The third-order valence-corrected chi connectivity index (χ3v) is 11.3. The Kier molecular flexibility index (Phi) is 42.6.